The summed E-state index contributed by atoms with van der Waals surface area (Å²) in [6.45, 7) is 13.9. The summed E-state index contributed by atoms with van der Waals surface area (Å²) in [5.41, 5.74) is -0.643. The number of hydrogen-bond acceptors (Lipinski definition) is 9. The zero-order chi connectivity index (χ0) is 30.9. The monoisotopic (exact) mass is 578 g/mol. The molecular weight excluding hydrogens is 528 g/mol. The first-order valence-electron chi connectivity index (χ1n) is 14.8. The Morgan fingerprint density at radius 3 is 2.44 bits per heavy atom. The Morgan fingerprint density at radius 1 is 1.17 bits per heavy atom. The van der Waals surface area contributed by atoms with Crippen LogP contribution in [0.1, 0.15) is 87.5 Å². The van der Waals surface area contributed by atoms with Crippen molar-refractivity contribution >= 4 is 17.9 Å². The topological polar surface area (TPSA) is 132 Å². The average molecular weight is 579 g/mol. The van der Waals surface area contributed by atoms with Crippen LogP contribution in [-0.4, -0.2) is 70.3 Å². The number of allylic oxidation sites excluding steroid dienone is 3. The molecule has 1 saturated heterocycles. The molecule has 2 heterocycles. The van der Waals surface area contributed by atoms with Crippen molar-refractivity contribution in [1.29, 1.82) is 0 Å². The van der Waals surface area contributed by atoms with Crippen LogP contribution in [0, 0.1) is 17.8 Å². The molecule has 0 saturated carbocycles. The van der Waals surface area contributed by atoms with Crippen LogP contribution in [0.15, 0.2) is 36.0 Å². The number of carbonyl (C=O) groups is 3. The van der Waals surface area contributed by atoms with Crippen molar-refractivity contribution in [2.45, 2.75) is 130 Å². The summed E-state index contributed by atoms with van der Waals surface area (Å²) in [5, 5.41) is 21.2. The lowest BCUT2D eigenvalue weighted by Crippen LogP contribution is -2.42. The molecule has 2 aliphatic rings. The van der Waals surface area contributed by atoms with E-state index in [0.717, 1.165) is 12.0 Å². The highest BCUT2D eigenvalue weighted by Gasteiger charge is 2.45. The van der Waals surface area contributed by atoms with E-state index in [1.165, 1.54) is 13.8 Å². The zero-order valence-corrected chi connectivity index (χ0v) is 25.9. The Labute approximate surface area is 244 Å². The number of carbonyl (C=O) groups excluding carboxylic acids is 3. The number of epoxide rings is 1. The summed E-state index contributed by atoms with van der Waals surface area (Å²) >= 11 is 0. The van der Waals surface area contributed by atoms with Gasteiger partial charge >= 0.3 is 17.9 Å². The number of hydrogen-bond donors (Lipinski definition) is 2. The zero-order valence-electron chi connectivity index (χ0n) is 25.9. The lowest BCUT2D eigenvalue weighted by atomic mass is 9.88. The highest BCUT2D eigenvalue weighted by molar-refractivity contribution is 5.72. The Hall–Kier alpha value is -2.49. The lowest BCUT2D eigenvalue weighted by Gasteiger charge is -2.33. The lowest BCUT2D eigenvalue weighted by molar-refractivity contribution is -0.160. The third-order valence-corrected chi connectivity index (χ3v) is 7.95. The van der Waals surface area contributed by atoms with Gasteiger partial charge in [0.05, 0.1) is 24.7 Å². The number of aliphatic hydroxyl groups excluding tert-OH is 1. The average Bonchev–Trinajstić information content (AvgIpc) is 3.64. The smallest absolute Gasteiger partial charge is 0.310 e. The van der Waals surface area contributed by atoms with Gasteiger partial charge in [-0.15, -0.1) is 0 Å². The van der Waals surface area contributed by atoms with Gasteiger partial charge in [0.15, 0.2) is 0 Å². The molecule has 232 valence electrons. The molecule has 0 aliphatic carbocycles. The largest absolute Gasteiger partial charge is 0.462 e. The van der Waals surface area contributed by atoms with Crippen molar-refractivity contribution in [2.75, 3.05) is 0 Å². The normalized spacial score (nSPS) is 34.4. The van der Waals surface area contributed by atoms with E-state index in [9.17, 15) is 24.6 Å². The van der Waals surface area contributed by atoms with Crippen molar-refractivity contribution in [3.63, 3.8) is 0 Å². The second kappa shape index (κ2) is 15.7. The molecular formula is C32H50O9. The molecule has 0 radical (unpaired) electrons. The minimum atomic E-state index is -1.45. The summed E-state index contributed by atoms with van der Waals surface area (Å²) in [7, 11) is 0. The van der Waals surface area contributed by atoms with Crippen LogP contribution in [-0.2, 0) is 33.3 Å². The Balaban J connectivity index is 2.20. The maximum atomic E-state index is 12.9. The van der Waals surface area contributed by atoms with Crippen LogP contribution >= 0.6 is 0 Å². The molecule has 0 amide bonds. The minimum absolute atomic E-state index is 0.0914. The molecule has 2 N–H and O–H groups in total. The Morgan fingerprint density at radius 2 is 1.83 bits per heavy atom. The summed E-state index contributed by atoms with van der Waals surface area (Å²) in [6.07, 6.45) is 8.57. The molecule has 0 aromatic rings. The molecule has 9 heteroatoms. The molecule has 2 rings (SSSR count). The van der Waals surface area contributed by atoms with Crippen molar-refractivity contribution in [3.05, 3.63) is 36.0 Å². The van der Waals surface area contributed by atoms with E-state index >= 15 is 0 Å². The van der Waals surface area contributed by atoms with Gasteiger partial charge in [-0.3, -0.25) is 14.4 Å². The highest BCUT2D eigenvalue weighted by atomic mass is 16.6. The number of esters is 3. The summed E-state index contributed by atoms with van der Waals surface area (Å²) in [5.74, 6) is -1.54. The van der Waals surface area contributed by atoms with Gasteiger partial charge in [0.2, 0.25) is 0 Å². The first kappa shape index (κ1) is 34.7. The second-order valence-electron chi connectivity index (χ2n) is 12.0. The number of ether oxygens (including phenoxy) is 4. The van der Waals surface area contributed by atoms with Crippen molar-refractivity contribution in [2.24, 2.45) is 17.8 Å². The fraction of sp³-hybridized carbons (Fsp3) is 0.719. The first-order valence-corrected chi connectivity index (χ1v) is 14.8. The molecule has 0 aromatic carbocycles. The number of rotatable bonds is 10. The quantitative estimate of drug-likeness (QED) is 0.126. The molecule has 0 bridgehead atoms. The number of aliphatic hydroxyl groups is 2. The molecule has 9 nitrogen and oxygen atoms in total. The molecule has 41 heavy (non-hydrogen) atoms. The molecule has 2 aliphatic heterocycles. The SMILES string of the molecule is CCC(O)C(C)C1OC1CC(C)/C=C/C=C(\C)C1OC(=O)CC(OC(C)=O)CCC(C)(O)C(OC(C)=O)/C=C/C1C. The molecule has 10 unspecified atom stereocenters. The molecule has 1 fully saturated rings. The first-order chi connectivity index (χ1) is 19.1. The van der Waals surface area contributed by atoms with E-state index in [0.29, 0.717) is 6.42 Å². The van der Waals surface area contributed by atoms with Crippen LogP contribution < -0.4 is 0 Å². The maximum Gasteiger partial charge on any atom is 0.310 e. The maximum absolute atomic E-state index is 12.9. The van der Waals surface area contributed by atoms with E-state index in [4.69, 9.17) is 18.9 Å². The number of cyclic esters (lactones) is 1. The highest BCUT2D eigenvalue weighted by Crippen LogP contribution is 2.36. The van der Waals surface area contributed by atoms with Crippen LogP contribution in [0.4, 0.5) is 0 Å². The van der Waals surface area contributed by atoms with E-state index in [-0.39, 0.29) is 55.3 Å². The minimum Gasteiger partial charge on any atom is -0.462 e. The molecule has 10 atom stereocenters. The van der Waals surface area contributed by atoms with E-state index < -0.39 is 41.8 Å². The summed E-state index contributed by atoms with van der Waals surface area (Å²) in [6, 6.07) is 0. The van der Waals surface area contributed by atoms with Crippen LogP contribution in [0.3, 0.4) is 0 Å². The van der Waals surface area contributed by atoms with E-state index in [1.807, 2.05) is 39.8 Å². The van der Waals surface area contributed by atoms with Crippen LogP contribution in [0.2, 0.25) is 0 Å². The standard InChI is InChI=1S/C32H50O9/c1-9-26(35)22(5)31-27(40-31)17-19(2)11-10-12-20(3)30-21(4)13-14-28(39-24(7)34)32(8,37)16-15-25(38-23(6)33)18-29(36)41-30/h10-14,19,21-22,25-28,30-31,35,37H,9,15-18H2,1-8H3/b11-10+,14-13+,20-12+. The van der Waals surface area contributed by atoms with Gasteiger partial charge < -0.3 is 29.2 Å². The van der Waals surface area contributed by atoms with Gasteiger partial charge in [-0.05, 0) is 57.1 Å². The predicted molar refractivity (Wildman–Crippen MR) is 155 cm³/mol. The second-order valence-corrected chi connectivity index (χ2v) is 12.0. The van der Waals surface area contributed by atoms with Crippen LogP contribution in [0.5, 0.6) is 0 Å². The van der Waals surface area contributed by atoms with E-state index in [1.54, 1.807) is 19.1 Å². The third kappa shape index (κ3) is 11.4. The van der Waals surface area contributed by atoms with Crippen molar-refractivity contribution in [3.8, 4) is 0 Å². The van der Waals surface area contributed by atoms with Crippen LogP contribution in [0.25, 0.3) is 0 Å². The third-order valence-electron chi connectivity index (χ3n) is 7.95. The summed E-state index contributed by atoms with van der Waals surface area (Å²) < 4.78 is 22.5. The molecule has 0 aromatic heterocycles. The predicted octanol–water partition coefficient (Wildman–Crippen LogP) is 4.59. The Bertz CT molecular complexity index is 982. The fourth-order valence-corrected chi connectivity index (χ4v) is 5.29. The fourth-order valence-electron chi connectivity index (χ4n) is 5.29. The summed E-state index contributed by atoms with van der Waals surface area (Å²) in [4.78, 5) is 36.4. The van der Waals surface area contributed by atoms with Crippen molar-refractivity contribution in [1.82, 2.24) is 0 Å². The van der Waals surface area contributed by atoms with Gasteiger partial charge in [-0.2, -0.15) is 0 Å². The van der Waals surface area contributed by atoms with Gasteiger partial charge in [-0.1, -0.05) is 52.0 Å². The molecule has 0 spiro atoms. The van der Waals surface area contributed by atoms with Gasteiger partial charge in [0, 0.05) is 25.7 Å². The van der Waals surface area contributed by atoms with Gasteiger partial charge in [0.1, 0.15) is 23.9 Å². The van der Waals surface area contributed by atoms with Crippen molar-refractivity contribution < 1.29 is 43.5 Å². The van der Waals surface area contributed by atoms with E-state index in [2.05, 4.69) is 13.0 Å². The van der Waals surface area contributed by atoms with Gasteiger partial charge in [-0.25, -0.2) is 0 Å². The Kier molecular flexibility index (Phi) is 13.3. The van der Waals surface area contributed by atoms with Gasteiger partial charge in [0.25, 0.3) is 0 Å².